The van der Waals surface area contributed by atoms with Gasteiger partial charge in [-0.05, 0) is 13.3 Å². The second kappa shape index (κ2) is 12.9. The Balaban J connectivity index is 0. The van der Waals surface area contributed by atoms with E-state index < -0.39 is 10.4 Å². The molecule has 0 saturated carbocycles. The van der Waals surface area contributed by atoms with E-state index in [1.54, 1.807) is 6.92 Å². The Morgan fingerprint density at radius 3 is 1.88 bits per heavy atom. The Kier molecular flexibility index (Phi) is 14.7. The minimum absolute atomic E-state index is 0.0883. The van der Waals surface area contributed by atoms with Crippen molar-refractivity contribution in [3.8, 4) is 0 Å². The van der Waals surface area contributed by atoms with Crippen LogP contribution in [0.5, 0.6) is 0 Å². The van der Waals surface area contributed by atoms with Crippen LogP contribution in [0.2, 0.25) is 0 Å². The van der Waals surface area contributed by atoms with Crippen LogP contribution >= 0.6 is 0 Å². The molecule has 0 aromatic rings. The third-order valence-corrected chi connectivity index (χ3v) is 2.19. The summed E-state index contributed by atoms with van der Waals surface area (Å²) in [6, 6.07) is 0. The molecule has 0 atom stereocenters. The molecule has 0 fully saturated rings. The van der Waals surface area contributed by atoms with Crippen LogP contribution in [-0.4, -0.2) is 31.3 Å². The SMILES string of the molecule is CCCCCCCCOS(=O)(=O)O.CCO. The minimum atomic E-state index is -4.22. The lowest BCUT2D eigenvalue weighted by atomic mass is 10.1. The topological polar surface area (TPSA) is 83.8 Å². The van der Waals surface area contributed by atoms with Crippen molar-refractivity contribution in [2.45, 2.75) is 52.4 Å². The van der Waals surface area contributed by atoms with Crippen LogP contribution in [0, 0.1) is 0 Å². The van der Waals surface area contributed by atoms with Crippen molar-refractivity contribution < 1.29 is 22.3 Å². The van der Waals surface area contributed by atoms with Crippen molar-refractivity contribution in [1.82, 2.24) is 0 Å². The Morgan fingerprint density at radius 2 is 1.44 bits per heavy atom. The van der Waals surface area contributed by atoms with Gasteiger partial charge in [0.25, 0.3) is 0 Å². The van der Waals surface area contributed by atoms with Crippen LogP contribution in [0.15, 0.2) is 0 Å². The van der Waals surface area contributed by atoms with E-state index in [-0.39, 0.29) is 13.2 Å². The molecular weight excluding hydrogens is 232 g/mol. The molecule has 0 aromatic carbocycles. The van der Waals surface area contributed by atoms with E-state index in [0.717, 1.165) is 12.8 Å². The summed E-state index contributed by atoms with van der Waals surface area (Å²) in [7, 11) is -4.22. The molecule has 0 unspecified atom stereocenters. The van der Waals surface area contributed by atoms with Gasteiger partial charge in [0.05, 0.1) is 6.61 Å². The first-order valence-corrected chi connectivity index (χ1v) is 7.07. The first-order chi connectivity index (χ1) is 7.47. The van der Waals surface area contributed by atoms with Crippen LogP contribution in [0.4, 0.5) is 0 Å². The van der Waals surface area contributed by atoms with Crippen LogP contribution in [0.1, 0.15) is 52.4 Å². The molecule has 6 heteroatoms. The maximum absolute atomic E-state index is 10.1. The Hall–Kier alpha value is -0.170. The van der Waals surface area contributed by atoms with Crippen molar-refractivity contribution in [2.75, 3.05) is 13.2 Å². The van der Waals surface area contributed by atoms with Crippen molar-refractivity contribution in [2.24, 2.45) is 0 Å². The predicted octanol–water partition coefficient (Wildman–Crippen LogP) is 2.16. The van der Waals surface area contributed by atoms with E-state index in [0.29, 0.717) is 6.42 Å². The zero-order valence-electron chi connectivity index (χ0n) is 10.2. The molecular formula is C10H24O5S. The average Bonchev–Trinajstić information content (AvgIpc) is 2.16. The van der Waals surface area contributed by atoms with E-state index in [1.807, 2.05) is 0 Å². The van der Waals surface area contributed by atoms with E-state index in [1.165, 1.54) is 19.3 Å². The number of rotatable bonds is 8. The standard InChI is InChI=1S/C8H18O4S.C2H6O/c1-2-3-4-5-6-7-8-12-13(9,10)11;1-2-3/h2-8H2,1H3,(H,9,10,11);3H,2H2,1H3. The highest BCUT2D eigenvalue weighted by Gasteiger charge is 2.02. The van der Waals surface area contributed by atoms with Crippen molar-refractivity contribution in [3.05, 3.63) is 0 Å². The monoisotopic (exact) mass is 256 g/mol. The van der Waals surface area contributed by atoms with E-state index >= 15 is 0 Å². The van der Waals surface area contributed by atoms with Gasteiger partial charge in [-0.2, -0.15) is 8.42 Å². The highest BCUT2D eigenvalue weighted by atomic mass is 32.3. The van der Waals surface area contributed by atoms with Gasteiger partial charge >= 0.3 is 10.4 Å². The number of hydrogen-bond donors (Lipinski definition) is 2. The lowest BCUT2D eigenvalue weighted by Crippen LogP contribution is -2.04. The van der Waals surface area contributed by atoms with Gasteiger partial charge in [-0.3, -0.25) is 4.55 Å². The molecule has 0 rings (SSSR count). The second-order valence-corrected chi connectivity index (χ2v) is 4.42. The highest BCUT2D eigenvalue weighted by molar-refractivity contribution is 7.80. The third-order valence-electron chi connectivity index (χ3n) is 1.73. The third kappa shape index (κ3) is 23.6. The van der Waals surface area contributed by atoms with Gasteiger partial charge < -0.3 is 5.11 Å². The van der Waals surface area contributed by atoms with Gasteiger partial charge in [0.1, 0.15) is 0 Å². The zero-order valence-corrected chi connectivity index (χ0v) is 11.0. The summed E-state index contributed by atoms with van der Waals surface area (Å²) in [5, 5.41) is 7.57. The van der Waals surface area contributed by atoms with Gasteiger partial charge in [-0.1, -0.05) is 39.0 Å². The summed E-state index contributed by atoms with van der Waals surface area (Å²) in [4.78, 5) is 0. The largest absolute Gasteiger partial charge is 0.397 e. The Morgan fingerprint density at radius 1 is 1.00 bits per heavy atom. The van der Waals surface area contributed by atoms with Gasteiger partial charge in [0.15, 0.2) is 0 Å². The molecule has 0 bridgehead atoms. The summed E-state index contributed by atoms with van der Waals surface area (Å²) in [5.74, 6) is 0. The number of hydrogen-bond acceptors (Lipinski definition) is 4. The number of unbranched alkanes of at least 4 members (excludes halogenated alkanes) is 5. The average molecular weight is 256 g/mol. The van der Waals surface area contributed by atoms with E-state index in [4.69, 9.17) is 9.66 Å². The summed E-state index contributed by atoms with van der Waals surface area (Å²) >= 11 is 0. The van der Waals surface area contributed by atoms with Gasteiger partial charge in [-0.25, -0.2) is 4.18 Å². The molecule has 2 N–H and O–H groups in total. The number of aliphatic hydroxyl groups excluding tert-OH is 1. The maximum atomic E-state index is 10.1. The summed E-state index contributed by atoms with van der Waals surface area (Å²) in [6.45, 7) is 4.16. The highest BCUT2D eigenvalue weighted by Crippen LogP contribution is 2.05. The van der Waals surface area contributed by atoms with Gasteiger partial charge in [0, 0.05) is 6.61 Å². The van der Waals surface area contributed by atoms with Crippen molar-refractivity contribution >= 4 is 10.4 Å². The molecule has 0 aromatic heterocycles. The smallest absolute Gasteiger partial charge is 0.397 e. The molecule has 0 spiro atoms. The van der Waals surface area contributed by atoms with Crippen LogP contribution in [-0.2, 0) is 14.6 Å². The fourth-order valence-electron chi connectivity index (χ4n) is 1.05. The lowest BCUT2D eigenvalue weighted by Gasteiger charge is -2.00. The lowest BCUT2D eigenvalue weighted by molar-refractivity contribution is 0.261. The van der Waals surface area contributed by atoms with Gasteiger partial charge in [-0.15, -0.1) is 0 Å². The molecule has 5 nitrogen and oxygen atoms in total. The normalized spacial score (nSPS) is 10.8. The number of aliphatic hydroxyl groups is 1. The minimum Gasteiger partial charge on any atom is -0.397 e. The van der Waals surface area contributed by atoms with E-state index in [2.05, 4.69) is 11.1 Å². The molecule has 16 heavy (non-hydrogen) atoms. The van der Waals surface area contributed by atoms with Crippen LogP contribution < -0.4 is 0 Å². The van der Waals surface area contributed by atoms with E-state index in [9.17, 15) is 8.42 Å². The molecule has 0 aliphatic carbocycles. The molecule has 0 aliphatic rings. The molecule has 100 valence electrons. The summed E-state index contributed by atoms with van der Waals surface area (Å²) in [6.07, 6.45) is 6.34. The van der Waals surface area contributed by atoms with Crippen molar-refractivity contribution in [1.29, 1.82) is 0 Å². The van der Waals surface area contributed by atoms with Crippen molar-refractivity contribution in [3.63, 3.8) is 0 Å². The van der Waals surface area contributed by atoms with Gasteiger partial charge in [0.2, 0.25) is 0 Å². The fraction of sp³-hybridized carbons (Fsp3) is 1.00. The molecule has 0 aliphatic heterocycles. The van der Waals surface area contributed by atoms with Crippen LogP contribution in [0.3, 0.4) is 0 Å². The summed E-state index contributed by atoms with van der Waals surface area (Å²) < 4.78 is 32.6. The van der Waals surface area contributed by atoms with Crippen LogP contribution in [0.25, 0.3) is 0 Å². The zero-order chi connectivity index (χ0) is 12.9. The predicted molar refractivity (Wildman–Crippen MR) is 63.6 cm³/mol. The Labute approximate surface area is 98.8 Å². The second-order valence-electron chi connectivity index (χ2n) is 3.33. The quantitative estimate of drug-likeness (QED) is 0.513. The molecule has 0 radical (unpaired) electrons. The maximum Gasteiger partial charge on any atom is 0.397 e. The first kappa shape index (κ1) is 18.2. The fourth-order valence-corrected chi connectivity index (χ4v) is 1.38. The Bertz CT molecular complexity index is 213. The molecule has 0 amide bonds. The molecule has 0 heterocycles. The summed E-state index contributed by atoms with van der Waals surface area (Å²) in [5.41, 5.74) is 0. The molecule has 0 saturated heterocycles. The first-order valence-electron chi connectivity index (χ1n) is 5.70.